The second-order valence-corrected chi connectivity index (χ2v) is 3.46. The first kappa shape index (κ1) is 12.4. The fourth-order valence-corrected chi connectivity index (χ4v) is 1.57. The average molecular weight is 187 g/mol. The minimum absolute atomic E-state index is 0.213. The Kier molecular flexibility index (Phi) is 6.59. The lowest BCUT2D eigenvalue weighted by molar-refractivity contribution is -0.136. The molecule has 0 saturated carbocycles. The van der Waals surface area contributed by atoms with Crippen molar-refractivity contribution in [3.8, 4) is 0 Å². The van der Waals surface area contributed by atoms with Crippen molar-refractivity contribution in [1.29, 1.82) is 0 Å². The van der Waals surface area contributed by atoms with Crippen LogP contribution in [0.25, 0.3) is 0 Å². The third-order valence-electron chi connectivity index (χ3n) is 2.56. The summed E-state index contributed by atoms with van der Waals surface area (Å²) in [7, 11) is 0. The van der Waals surface area contributed by atoms with Gasteiger partial charge in [0.25, 0.3) is 0 Å². The minimum atomic E-state index is -0.732. The molecule has 78 valence electrons. The van der Waals surface area contributed by atoms with Gasteiger partial charge in [0.2, 0.25) is 0 Å². The zero-order valence-corrected chi connectivity index (χ0v) is 8.84. The Bertz CT molecular complexity index is 144. The summed E-state index contributed by atoms with van der Waals surface area (Å²) in [5.74, 6) is -0.0713. The van der Waals surface area contributed by atoms with E-state index >= 15 is 0 Å². The highest BCUT2D eigenvalue weighted by molar-refractivity contribution is 5.66. The highest BCUT2D eigenvalue weighted by Gasteiger charge is 2.12. The maximum Gasteiger partial charge on any atom is 0.304 e. The van der Waals surface area contributed by atoms with Gasteiger partial charge in [-0.1, -0.05) is 26.7 Å². The largest absolute Gasteiger partial charge is 0.481 e. The quantitative estimate of drug-likeness (QED) is 0.639. The SMILES string of the molecule is CCC(CC)C(C)NCCC(=O)O. The lowest BCUT2D eigenvalue weighted by atomic mass is 9.95. The fraction of sp³-hybridized carbons (Fsp3) is 0.900. The van der Waals surface area contributed by atoms with Crippen molar-refractivity contribution in [2.75, 3.05) is 6.54 Å². The molecule has 0 saturated heterocycles. The van der Waals surface area contributed by atoms with Gasteiger partial charge < -0.3 is 10.4 Å². The summed E-state index contributed by atoms with van der Waals surface area (Å²) >= 11 is 0. The maximum absolute atomic E-state index is 10.2. The highest BCUT2D eigenvalue weighted by Crippen LogP contribution is 2.12. The molecule has 2 N–H and O–H groups in total. The van der Waals surface area contributed by atoms with Crippen LogP contribution in [0.4, 0.5) is 0 Å². The molecule has 0 fully saturated rings. The predicted octanol–water partition coefficient (Wildman–Crippen LogP) is 1.88. The van der Waals surface area contributed by atoms with Gasteiger partial charge in [-0.25, -0.2) is 0 Å². The molecule has 3 nitrogen and oxygen atoms in total. The molecular formula is C10H21NO2. The number of carboxylic acids is 1. The van der Waals surface area contributed by atoms with Gasteiger partial charge in [-0.15, -0.1) is 0 Å². The van der Waals surface area contributed by atoms with E-state index in [9.17, 15) is 4.79 Å². The fourth-order valence-electron chi connectivity index (χ4n) is 1.57. The molecular weight excluding hydrogens is 166 g/mol. The van der Waals surface area contributed by atoms with Crippen LogP contribution >= 0.6 is 0 Å². The molecule has 0 aliphatic carbocycles. The molecule has 0 heterocycles. The Morgan fingerprint density at radius 2 is 1.92 bits per heavy atom. The summed E-state index contributed by atoms with van der Waals surface area (Å²) in [5.41, 5.74) is 0. The number of hydrogen-bond donors (Lipinski definition) is 2. The van der Waals surface area contributed by atoms with E-state index in [0.717, 1.165) is 12.8 Å². The number of nitrogens with one attached hydrogen (secondary N) is 1. The van der Waals surface area contributed by atoms with Crippen LogP contribution in [0.3, 0.4) is 0 Å². The van der Waals surface area contributed by atoms with E-state index in [1.165, 1.54) is 0 Å². The third-order valence-corrected chi connectivity index (χ3v) is 2.56. The molecule has 0 aromatic heterocycles. The first-order valence-corrected chi connectivity index (χ1v) is 5.06. The average Bonchev–Trinajstić information content (AvgIpc) is 2.05. The Balaban J connectivity index is 3.59. The van der Waals surface area contributed by atoms with Gasteiger partial charge in [-0.2, -0.15) is 0 Å². The van der Waals surface area contributed by atoms with E-state index in [1.54, 1.807) is 0 Å². The lowest BCUT2D eigenvalue weighted by Gasteiger charge is -2.22. The number of rotatable bonds is 7. The van der Waals surface area contributed by atoms with Gasteiger partial charge in [0.1, 0.15) is 0 Å². The summed E-state index contributed by atoms with van der Waals surface area (Å²) < 4.78 is 0. The van der Waals surface area contributed by atoms with Gasteiger partial charge in [-0.05, 0) is 12.8 Å². The first-order valence-electron chi connectivity index (χ1n) is 5.06. The van der Waals surface area contributed by atoms with E-state index < -0.39 is 5.97 Å². The van der Waals surface area contributed by atoms with E-state index in [0.29, 0.717) is 18.5 Å². The van der Waals surface area contributed by atoms with Gasteiger partial charge in [0.05, 0.1) is 6.42 Å². The van der Waals surface area contributed by atoms with Crippen LogP contribution < -0.4 is 5.32 Å². The lowest BCUT2D eigenvalue weighted by Crippen LogP contribution is -2.34. The zero-order chi connectivity index (χ0) is 10.3. The standard InChI is InChI=1S/C10H21NO2/c1-4-9(5-2)8(3)11-7-6-10(12)13/h8-9,11H,4-7H2,1-3H3,(H,12,13). The van der Waals surface area contributed by atoms with Gasteiger partial charge in [0, 0.05) is 12.6 Å². The van der Waals surface area contributed by atoms with Crippen molar-refractivity contribution >= 4 is 5.97 Å². The molecule has 0 spiro atoms. The van der Waals surface area contributed by atoms with Crippen LogP contribution in [-0.2, 0) is 4.79 Å². The molecule has 0 amide bonds. The summed E-state index contributed by atoms with van der Waals surface area (Å²) in [6.07, 6.45) is 2.51. The van der Waals surface area contributed by atoms with Crippen LogP contribution in [0.15, 0.2) is 0 Å². The van der Waals surface area contributed by atoms with Crippen LogP contribution in [0.1, 0.15) is 40.0 Å². The molecule has 0 bridgehead atoms. The molecule has 0 radical (unpaired) electrons. The number of hydrogen-bond acceptors (Lipinski definition) is 2. The van der Waals surface area contributed by atoms with Crippen LogP contribution in [0.2, 0.25) is 0 Å². The van der Waals surface area contributed by atoms with Crippen molar-refractivity contribution in [3.05, 3.63) is 0 Å². The summed E-state index contributed by atoms with van der Waals surface area (Å²) in [6.45, 7) is 7.04. The predicted molar refractivity (Wildman–Crippen MR) is 53.8 cm³/mol. The van der Waals surface area contributed by atoms with Gasteiger partial charge in [0.15, 0.2) is 0 Å². The molecule has 0 aliphatic rings. The molecule has 13 heavy (non-hydrogen) atoms. The summed E-state index contributed by atoms with van der Waals surface area (Å²) in [6, 6.07) is 0.425. The summed E-state index contributed by atoms with van der Waals surface area (Å²) in [5, 5.41) is 11.7. The van der Waals surface area contributed by atoms with E-state index in [-0.39, 0.29) is 6.42 Å². The van der Waals surface area contributed by atoms with E-state index in [4.69, 9.17) is 5.11 Å². The molecule has 0 aliphatic heterocycles. The highest BCUT2D eigenvalue weighted by atomic mass is 16.4. The smallest absolute Gasteiger partial charge is 0.304 e. The van der Waals surface area contributed by atoms with Crippen LogP contribution in [0, 0.1) is 5.92 Å². The Morgan fingerprint density at radius 3 is 2.31 bits per heavy atom. The molecule has 1 unspecified atom stereocenters. The van der Waals surface area contributed by atoms with Crippen molar-refractivity contribution < 1.29 is 9.90 Å². The molecule has 3 heteroatoms. The second kappa shape index (κ2) is 6.89. The molecule has 0 rings (SSSR count). The number of carbonyl (C=O) groups is 1. The topological polar surface area (TPSA) is 49.3 Å². The monoisotopic (exact) mass is 187 g/mol. The molecule has 0 aromatic rings. The Hall–Kier alpha value is -0.570. The van der Waals surface area contributed by atoms with Gasteiger partial charge >= 0.3 is 5.97 Å². The number of aliphatic carboxylic acids is 1. The Labute approximate surface area is 80.5 Å². The van der Waals surface area contributed by atoms with Crippen molar-refractivity contribution in [2.24, 2.45) is 5.92 Å². The van der Waals surface area contributed by atoms with Crippen molar-refractivity contribution in [3.63, 3.8) is 0 Å². The van der Waals surface area contributed by atoms with E-state index in [1.807, 2.05) is 0 Å². The minimum Gasteiger partial charge on any atom is -0.481 e. The molecule has 0 aromatic carbocycles. The van der Waals surface area contributed by atoms with Crippen LogP contribution in [0.5, 0.6) is 0 Å². The van der Waals surface area contributed by atoms with Crippen LogP contribution in [-0.4, -0.2) is 23.7 Å². The van der Waals surface area contributed by atoms with Gasteiger partial charge in [-0.3, -0.25) is 4.79 Å². The second-order valence-electron chi connectivity index (χ2n) is 3.46. The maximum atomic E-state index is 10.2. The summed E-state index contributed by atoms with van der Waals surface area (Å²) in [4.78, 5) is 10.2. The Morgan fingerprint density at radius 1 is 1.38 bits per heavy atom. The first-order chi connectivity index (χ1) is 6.11. The zero-order valence-electron chi connectivity index (χ0n) is 8.84. The third kappa shape index (κ3) is 5.64. The van der Waals surface area contributed by atoms with E-state index in [2.05, 4.69) is 26.1 Å². The number of carboxylic acid groups (broad SMARTS) is 1. The van der Waals surface area contributed by atoms with Crippen molar-refractivity contribution in [2.45, 2.75) is 46.1 Å². The normalized spacial score (nSPS) is 13.2. The molecule has 1 atom stereocenters. The van der Waals surface area contributed by atoms with Crippen molar-refractivity contribution in [1.82, 2.24) is 5.32 Å².